The van der Waals surface area contributed by atoms with Crippen molar-refractivity contribution >= 4 is 5.91 Å². The van der Waals surface area contributed by atoms with E-state index in [1.807, 2.05) is 18.2 Å². The monoisotopic (exact) mass is 255 g/mol. The lowest BCUT2D eigenvalue weighted by atomic mass is 10.1. The van der Waals surface area contributed by atoms with Crippen molar-refractivity contribution in [2.75, 3.05) is 6.54 Å². The predicted octanol–water partition coefficient (Wildman–Crippen LogP) is 1.48. The van der Waals surface area contributed by atoms with E-state index in [2.05, 4.69) is 27.6 Å². The minimum atomic E-state index is 0.0965. The standard InChI is InChI=1S/C15H17N3O/c19-15(16-7-5-14-6-8-17-18-14)13-9-11-3-1-2-4-12(11)10-13/h1-4,6,8,13H,5,7,9-10H2,(H,16,19)(H,17,18). The molecule has 2 aromatic rings. The Bertz CT molecular complexity index is 538. The average Bonchev–Trinajstić information content (AvgIpc) is 3.07. The van der Waals surface area contributed by atoms with Crippen LogP contribution in [0.5, 0.6) is 0 Å². The zero-order valence-electron chi connectivity index (χ0n) is 10.7. The fraction of sp³-hybridized carbons (Fsp3) is 0.333. The van der Waals surface area contributed by atoms with E-state index in [9.17, 15) is 4.79 Å². The maximum absolute atomic E-state index is 12.1. The van der Waals surface area contributed by atoms with Crippen molar-refractivity contribution in [2.24, 2.45) is 5.92 Å². The van der Waals surface area contributed by atoms with E-state index < -0.39 is 0 Å². The summed E-state index contributed by atoms with van der Waals surface area (Å²) in [5.41, 5.74) is 3.68. The second kappa shape index (κ2) is 5.26. The van der Waals surface area contributed by atoms with Crippen molar-refractivity contribution in [1.29, 1.82) is 0 Å². The maximum atomic E-state index is 12.1. The van der Waals surface area contributed by atoms with Crippen LogP contribution in [-0.2, 0) is 24.1 Å². The molecule has 4 heteroatoms. The number of nitrogens with one attached hydrogen (secondary N) is 2. The van der Waals surface area contributed by atoms with Crippen LogP contribution in [0.15, 0.2) is 36.5 Å². The van der Waals surface area contributed by atoms with Crippen molar-refractivity contribution in [2.45, 2.75) is 19.3 Å². The molecule has 0 radical (unpaired) electrons. The second-order valence-electron chi connectivity index (χ2n) is 5.00. The van der Waals surface area contributed by atoms with E-state index in [-0.39, 0.29) is 11.8 Å². The number of carbonyl (C=O) groups is 1. The van der Waals surface area contributed by atoms with Crippen LogP contribution in [0.2, 0.25) is 0 Å². The van der Waals surface area contributed by atoms with Gasteiger partial charge in [0.25, 0.3) is 0 Å². The van der Waals surface area contributed by atoms with Crippen molar-refractivity contribution in [3.63, 3.8) is 0 Å². The molecular weight excluding hydrogens is 238 g/mol. The third kappa shape index (κ3) is 2.67. The fourth-order valence-electron chi connectivity index (χ4n) is 2.63. The highest BCUT2D eigenvalue weighted by atomic mass is 16.1. The van der Waals surface area contributed by atoms with Crippen molar-refractivity contribution in [3.8, 4) is 0 Å². The van der Waals surface area contributed by atoms with Gasteiger partial charge in [0.1, 0.15) is 0 Å². The number of carbonyl (C=O) groups excluding carboxylic acids is 1. The first-order valence-electron chi connectivity index (χ1n) is 6.65. The molecule has 1 aliphatic carbocycles. The van der Waals surface area contributed by atoms with Crippen LogP contribution in [0.25, 0.3) is 0 Å². The number of rotatable bonds is 4. The lowest BCUT2D eigenvalue weighted by Crippen LogP contribution is -2.32. The van der Waals surface area contributed by atoms with Crippen LogP contribution in [0, 0.1) is 5.92 Å². The van der Waals surface area contributed by atoms with Gasteiger partial charge in [0, 0.05) is 30.8 Å². The van der Waals surface area contributed by atoms with Crippen LogP contribution in [0.3, 0.4) is 0 Å². The summed E-state index contributed by atoms with van der Waals surface area (Å²) < 4.78 is 0. The highest BCUT2D eigenvalue weighted by Crippen LogP contribution is 2.26. The van der Waals surface area contributed by atoms with Crippen LogP contribution in [0.4, 0.5) is 0 Å². The molecule has 1 aliphatic rings. The van der Waals surface area contributed by atoms with E-state index in [1.165, 1.54) is 11.1 Å². The Morgan fingerprint density at radius 2 is 2.00 bits per heavy atom. The van der Waals surface area contributed by atoms with Gasteiger partial charge in [0.2, 0.25) is 5.91 Å². The van der Waals surface area contributed by atoms with Gasteiger partial charge >= 0.3 is 0 Å². The summed E-state index contributed by atoms with van der Waals surface area (Å²) in [5.74, 6) is 0.259. The van der Waals surface area contributed by atoms with Gasteiger partial charge in [-0.1, -0.05) is 24.3 Å². The Balaban J connectivity index is 1.50. The minimum absolute atomic E-state index is 0.0965. The van der Waals surface area contributed by atoms with Gasteiger partial charge in [-0.25, -0.2) is 0 Å². The molecule has 4 nitrogen and oxygen atoms in total. The van der Waals surface area contributed by atoms with Crippen LogP contribution in [0.1, 0.15) is 16.8 Å². The van der Waals surface area contributed by atoms with E-state index >= 15 is 0 Å². The summed E-state index contributed by atoms with van der Waals surface area (Å²) in [6, 6.07) is 10.2. The van der Waals surface area contributed by atoms with E-state index in [0.29, 0.717) is 6.54 Å². The van der Waals surface area contributed by atoms with E-state index in [1.54, 1.807) is 6.20 Å². The van der Waals surface area contributed by atoms with E-state index in [0.717, 1.165) is 25.0 Å². The highest BCUT2D eigenvalue weighted by Gasteiger charge is 2.26. The third-order valence-corrected chi connectivity index (χ3v) is 3.67. The molecule has 0 atom stereocenters. The SMILES string of the molecule is O=C(NCCc1ccn[nH]1)C1Cc2ccccc2C1. The molecule has 19 heavy (non-hydrogen) atoms. The smallest absolute Gasteiger partial charge is 0.223 e. The number of aromatic amines is 1. The Labute approximate surface area is 112 Å². The quantitative estimate of drug-likeness (QED) is 0.869. The van der Waals surface area contributed by atoms with Crippen LogP contribution in [-0.4, -0.2) is 22.6 Å². The number of fused-ring (bicyclic) bond motifs is 1. The number of hydrogen-bond donors (Lipinski definition) is 2. The minimum Gasteiger partial charge on any atom is -0.355 e. The van der Waals surface area contributed by atoms with Crippen LogP contribution >= 0.6 is 0 Å². The van der Waals surface area contributed by atoms with Crippen molar-refractivity contribution in [3.05, 3.63) is 53.3 Å². The molecule has 0 fully saturated rings. The number of aromatic nitrogens is 2. The lowest BCUT2D eigenvalue weighted by Gasteiger charge is -2.09. The molecule has 0 saturated heterocycles. The van der Waals surface area contributed by atoms with Gasteiger partial charge < -0.3 is 5.32 Å². The summed E-state index contributed by atoms with van der Waals surface area (Å²) in [4.78, 5) is 12.1. The number of hydrogen-bond acceptors (Lipinski definition) is 2. The zero-order valence-corrected chi connectivity index (χ0v) is 10.7. The Kier molecular flexibility index (Phi) is 3.31. The van der Waals surface area contributed by atoms with E-state index in [4.69, 9.17) is 0 Å². The molecule has 2 N–H and O–H groups in total. The predicted molar refractivity (Wildman–Crippen MR) is 72.6 cm³/mol. The summed E-state index contributed by atoms with van der Waals surface area (Å²) in [6.45, 7) is 0.661. The summed E-state index contributed by atoms with van der Waals surface area (Å²) in [5, 5.41) is 9.79. The molecule has 1 heterocycles. The number of H-pyrrole nitrogens is 1. The first kappa shape index (κ1) is 12.0. The van der Waals surface area contributed by atoms with Gasteiger partial charge in [-0.05, 0) is 30.0 Å². The molecule has 0 unspecified atom stereocenters. The van der Waals surface area contributed by atoms with Gasteiger partial charge in [-0.3, -0.25) is 9.89 Å². The topological polar surface area (TPSA) is 57.8 Å². The Morgan fingerprint density at radius 1 is 1.26 bits per heavy atom. The molecule has 0 bridgehead atoms. The molecular formula is C15H17N3O. The summed E-state index contributed by atoms with van der Waals surface area (Å²) >= 11 is 0. The van der Waals surface area contributed by atoms with Crippen molar-refractivity contribution in [1.82, 2.24) is 15.5 Å². The molecule has 1 aromatic carbocycles. The first-order chi connectivity index (χ1) is 9.33. The number of nitrogens with zero attached hydrogens (tertiary/aromatic N) is 1. The van der Waals surface area contributed by atoms with Gasteiger partial charge in [0.05, 0.1) is 0 Å². The van der Waals surface area contributed by atoms with Crippen molar-refractivity contribution < 1.29 is 4.79 Å². The normalized spacial score (nSPS) is 14.3. The molecule has 3 rings (SSSR count). The molecule has 1 amide bonds. The van der Waals surface area contributed by atoms with Gasteiger partial charge in [-0.2, -0.15) is 5.10 Å². The van der Waals surface area contributed by atoms with Gasteiger partial charge in [-0.15, -0.1) is 0 Å². The molecule has 0 spiro atoms. The zero-order chi connectivity index (χ0) is 13.1. The maximum Gasteiger partial charge on any atom is 0.223 e. The Morgan fingerprint density at radius 3 is 2.63 bits per heavy atom. The number of benzene rings is 1. The average molecular weight is 255 g/mol. The largest absolute Gasteiger partial charge is 0.355 e. The fourth-order valence-corrected chi connectivity index (χ4v) is 2.63. The first-order valence-corrected chi connectivity index (χ1v) is 6.65. The Hall–Kier alpha value is -2.10. The van der Waals surface area contributed by atoms with Crippen LogP contribution < -0.4 is 5.32 Å². The highest BCUT2D eigenvalue weighted by molar-refractivity contribution is 5.80. The lowest BCUT2D eigenvalue weighted by molar-refractivity contribution is -0.124. The molecule has 1 aromatic heterocycles. The summed E-state index contributed by atoms with van der Waals surface area (Å²) in [7, 11) is 0. The molecule has 0 aliphatic heterocycles. The van der Waals surface area contributed by atoms with Gasteiger partial charge in [0.15, 0.2) is 0 Å². The summed E-state index contributed by atoms with van der Waals surface area (Å²) in [6.07, 6.45) is 4.26. The number of amides is 1. The third-order valence-electron chi connectivity index (χ3n) is 3.67. The second-order valence-corrected chi connectivity index (χ2v) is 5.00. The molecule has 98 valence electrons. The molecule has 0 saturated carbocycles.